The SMILES string of the molecule is CC(C)c1cc(=O)n(CC2CCN(c3nccnc3C3CC3)CC2)cn1. The van der Waals surface area contributed by atoms with Gasteiger partial charge in [0.05, 0.1) is 17.7 Å². The molecule has 0 amide bonds. The van der Waals surface area contributed by atoms with Crippen LogP contribution in [-0.4, -0.2) is 32.6 Å². The van der Waals surface area contributed by atoms with Crippen LogP contribution < -0.4 is 10.5 Å². The molecular formula is C20H27N5O. The van der Waals surface area contributed by atoms with Crippen LogP contribution in [0.4, 0.5) is 5.82 Å². The quantitative estimate of drug-likeness (QED) is 0.827. The fourth-order valence-corrected chi connectivity index (χ4v) is 3.73. The number of piperidine rings is 1. The van der Waals surface area contributed by atoms with E-state index >= 15 is 0 Å². The van der Waals surface area contributed by atoms with Crippen LogP contribution in [0.3, 0.4) is 0 Å². The van der Waals surface area contributed by atoms with Crippen molar-refractivity contribution in [2.45, 2.75) is 57.9 Å². The van der Waals surface area contributed by atoms with E-state index in [-0.39, 0.29) is 11.5 Å². The molecule has 1 aliphatic carbocycles. The summed E-state index contributed by atoms with van der Waals surface area (Å²) >= 11 is 0. The lowest BCUT2D eigenvalue weighted by Gasteiger charge is -2.33. The van der Waals surface area contributed by atoms with Crippen LogP contribution in [-0.2, 0) is 6.54 Å². The van der Waals surface area contributed by atoms with Gasteiger partial charge in [-0.1, -0.05) is 13.8 Å². The van der Waals surface area contributed by atoms with E-state index < -0.39 is 0 Å². The van der Waals surface area contributed by atoms with Gasteiger partial charge in [-0.15, -0.1) is 0 Å². The maximum absolute atomic E-state index is 12.3. The van der Waals surface area contributed by atoms with Crippen molar-refractivity contribution >= 4 is 5.82 Å². The maximum atomic E-state index is 12.3. The molecule has 0 N–H and O–H groups in total. The molecule has 0 unspecified atom stereocenters. The number of aromatic nitrogens is 4. The molecule has 0 aromatic carbocycles. The van der Waals surface area contributed by atoms with Crippen molar-refractivity contribution in [3.05, 3.63) is 46.5 Å². The zero-order chi connectivity index (χ0) is 18.1. The molecule has 0 radical (unpaired) electrons. The summed E-state index contributed by atoms with van der Waals surface area (Å²) in [6.45, 7) is 6.84. The number of hydrogen-bond acceptors (Lipinski definition) is 5. The first-order valence-corrected chi connectivity index (χ1v) is 9.74. The molecular weight excluding hydrogens is 326 g/mol. The highest BCUT2D eigenvalue weighted by Gasteiger charge is 2.31. The number of anilines is 1. The molecule has 2 aliphatic rings. The number of rotatable bonds is 5. The lowest BCUT2D eigenvalue weighted by Crippen LogP contribution is -2.37. The van der Waals surface area contributed by atoms with Gasteiger partial charge in [0.1, 0.15) is 0 Å². The molecule has 0 atom stereocenters. The topological polar surface area (TPSA) is 63.9 Å². The zero-order valence-corrected chi connectivity index (χ0v) is 15.6. The van der Waals surface area contributed by atoms with Gasteiger partial charge in [-0.25, -0.2) is 9.97 Å². The Kier molecular flexibility index (Phi) is 4.74. The van der Waals surface area contributed by atoms with Gasteiger partial charge in [-0.2, -0.15) is 0 Å². The minimum atomic E-state index is 0.0658. The predicted octanol–water partition coefficient (Wildman–Crippen LogP) is 2.95. The minimum absolute atomic E-state index is 0.0658. The third kappa shape index (κ3) is 3.64. The highest BCUT2D eigenvalue weighted by molar-refractivity contribution is 5.46. The number of hydrogen-bond donors (Lipinski definition) is 0. The molecule has 26 heavy (non-hydrogen) atoms. The Morgan fingerprint density at radius 3 is 2.46 bits per heavy atom. The van der Waals surface area contributed by atoms with E-state index in [2.05, 4.69) is 33.7 Å². The zero-order valence-electron chi connectivity index (χ0n) is 15.6. The third-order valence-corrected chi connectivity index (χ3v) is 5.53. The summed E-state index contributed by atoms with van der Waals surface area (Å²) < 4.78 is 1.77. The van der Waals surface area contributed by atoms with Crippen LogP contribution in [0.1, 0.15) is 62.8 Å². The van der Waals surface area contributed by atoms with Crippen LogP contribution in [0.25, 0.3) is 0 Å². The van der Waals surface area contributed by atoms with Crippen LogP contribution >= 0.6 is 0 Å². The molecule has 2 aromatic heterocycles. The van der Waals surface area contributed by atoms with Crippen molar-refractivity contribution in [2.24, 2.45) is 5.92 Å². The second-order valence-corrected chi connectivity index (χ2v) is 7.93. The Labute approximate surface area is 154 Å². The molecule has 1 saturated carbocycles. The summed E-state index contributed by atoms with van der Waals surface area (Å²) in [5.74, 6) is 2.49. The van der Waals surface area contributed by atoms with Crippen molar-refractivity contribution in [1.82, 2.24) is 19.5 Å². The second kappa shape index (κ2) is 7.17. The van der Waals surface area contributed by atoms with Gasteiger partial charge in [0, 0.05) is 44.0 Å². The molecule has 1 aliphatic heterocycles. The number of nitrogens with zero attached hydrogens (tertiary/aromatic N) is 5. The van der Waals surface area contributed by atoms with Crippen molar-refractivity contribution in [3.63, 3.8) is 0 Å². The molecule has 2 fully saturated rings. The summed E-state index contributed by atoms with van der Waals surface area (Å²) in [5, 5.41) is 0. The van der Waals surface area contributed by atoms with E-state index in [1.165, 1.54) is 18.5 Å². The first-order valence-electron chi connectivity index (χ1n) is 9.74. The van der Waals surface area contributed by atoms with Crippen molar-refractivity contribution < 1.29 is 0 Å². The standard InChI is InChI=1S/C20H27N5O/c1-14(2)17-11-18(26)25(13-23-17)12-15-5-9-24(10-6-15)20-19(16-3-4-16)21-7-8-22-20/h7-8,11,13-16H,3-6,9-10,12H2,1-2H3. The molecule has 138 valence electrons. The lowest BCUT2D eigenvalue weighted by molar-refractivity contribution is 0.349. The Morgan fingerprint density at radius 1 is 1.08 bits per heavy atom. The molecule has 6 heteroatoms. The maximum Gasteiger partial charge on any atom is 0.253 e. The van der Waals surface area contributed by atoms with Crippen molar-refractivity contribution in [3.8, 4) is 0 Å². The molecule has 2 aromatic rings. The van der Waals surface area contributed by atoms with Crippen LogP contribution in [0.5, 0.6) is 0 Å². The molecule has 0 bridgehead atoms. The van der Waals surface area contributed by atoms with Crippen LogP contribution in [0.15, 0.2) is 29.6 Å². The predicted molar refractivity (Wildman–Crippen MR) is 102 cm³/mol. The van der Waals surface area contributed by atoms with Gasteiger partial charge >= 0.3 is 0 Å². The fourth-order valence-electron chi connectivity index (χ4n) is 3.73. The first-order chi connectivity index (χ1) is 12.6. The van der Waals surface area contributed by atoms with Gasteiger partial charge in [0.2, 0.25) is 0 Å². The fraction of sp³-hybridized carbons (Fsp3) is 0.600. The third-order valence-electron chi connectivity index (χ3n) is 5.53. The summed E-state index contributed by atoms with van der Waals surface area (Å²) in [5.41, 5.74) is 2.11. The lowest BCUT2D eigenvalue weighted by atomic mass is 9.96. The smallest absolute Gasteiger partial charge is 0.253 e. The van der Waals surface area contributed by atoms with E-state index in [0.29, 0.717) is 11.8 Å². The van der Waals surface area contributed by atoms with Gasteiger partial charge in [0.15, 0.2) is 5.82 Å². The molecule has 6 nitrogen and oxygen atoms in total. The van der Waals surface area contributed by atoms with Gasteiger partial charge < -0.3 is 4.90 Å². The average molecular weight is 353 g/mol. The van der Waals surface area contributed by atoms with Gasteiger partial charge in [-0.3, -0.25) is 14.3 Å². The second-order valence-electron chi connectivity index (χ2n) is 7.93. The van der Waals surface area contributed by atoms with E-state index in [9.17, 15) is 4.79 Å². The normalized spacial score (nSPS) is 18.5. The molecule has 4 rings (SSSR count). The summed E-state index contributed by atoms with van der Waals surface area (Å²) in [6, 6.07) is 1.68. The van der Waals surface area contributed by atoms with E-state index in [4.69, 9.17) is 0 Å². The largest absolute Gasteiger partial charge is 0.355 e. The van der Waals surface area contributed by atoms with E-state index in [1.54, 1.807) is 23.2 Å². The summed E-state index contributed by atoms with van der Waals surface area (Å²) in [6.07, 6.45) is 9.95. The molecule has 1 saturated heterocycles. The van der Waals surface area contributed by atoms with Gasteiger partial charge in [0.25, 0.3) is 5.56 Å². The Balaban J connectivity index is 1.39. The van der Waals surface area contributed by atoms with E-state index in [0.717, 1.165) is 44.0 Å². The summed E-state index contributed by atoms with van der Waals surface area (Å²) in [4.78, 5) is 28.3. The van der Waals surface area contributed by atoms with Crippen LogP contribution in [0.2, 0.25) is 0 Å². The van der Waals surface area contributed by atoms with Crippen molar-refractivity contribution in [2.75, 3.05) is 18.0 Å². The average Bonchev–Trinajstić information content (AvgIpc) is 3.49. The highest BCUT2D eigenvalue weighted by atomic mass is 16.1. The Morgan fingerprint density at radius 2 is 1.81 bits per heavy atom. The summed E-state index contributed by atoms with van der Waals surface area (Å²) in [7, 11) is 0. The minimum Gasteiger partial charge on any atom is -0.355 e. The Bertz CT molecular complexity index is 819. The van der Waals surface area contributed by atoms with Gasteiger partial charge in [-0.05, 0) is 37.5 Å². The molecule has 3 heterocycles. The van der Waals surface area contributed by atoms with Crippen molar-refractivity contribution in [1.29, 1.82) is 0 Å². The Hall–Kier alpha value is -2.24. The monoisotopic (exact) mass is 353 g/mol. The first kappa shape index (κ1) is 17.2. The highest BCUT2D eigenvalue weighted by Crippen LogP contribution is 2.42. The molecule has 0 spiro atoms. The van der Waals surface area contributed by atoms with Crippen LogP contribution in [0, 0.1) is 5.92 Å². The van der Waals surface area contributed by atoms with E-state index in [1.807, 2.05) is 6.20 Å².